The van der Waals surface area contributed by atoms with Crippen LogP contribution in [0.3, 0.4) is 0 Å². The molecule has 2 unspecified atom stereocenters. The van der Waals surface area contributed by atoms with Gasteiger partial charge in [-0.1, -0.05) is 15.9 Å². The highest BCUT2D eigenvalue weighted by atomic mass is 79.9. The van der Waals surface area contributed by atoms with Gasteiger partial charge in [-0.05, 0) is 43.9 Å². The quantitative estimate of drug-likeness (QED) is 0.897. The van der Waals surface area contributed by atoms with E-state index < -0.39 is 17.9 Å². The van der Waals surface area contributed by atoms with Gasteiger partial charge in [-0.3, -0.25) is 14.5 Å². The van der Waals surface area contributed by atoms with Gasteiger partial charge in [-0.15, -0.1) is 0 Å². The normalized spacial score (nSPS) is 26.6. The molecule has 1 saturated carbocycles. The summed E-state index contributed by atoms with van der Waals surface area (Å²) in [5.41, 5.74) is 0.159. The second-order valence-electron chi connectivity index (χ2n) is 5.30. The third-order valence-corrected chi connectivity index (χ3v) is 4.32. The van der Waals surface area contributed by atoms with E-state index in [9.17, 15) is 14.0 Å². The van der Waals surface area contributed by atoms with Gasteiger partial charge in [0.2, 0.25) is 5.91 Å². The summed E-state index contributed by atoms with van der Waals surface area (Å²) in [6.07, 6.45) is 1.86. The molecule has 1 N–H and O–H groups in total. The molecule has 106 valence electrons. The summed E-state index contributed by atoms with van der Waals surface area (Å²) in [7, 11) is 0. The average molecular weight is 341 g/mol. The number of nitrogens with one attached hydrogen (secondary N) is 1. The molecule has 0 radical (unpaired) electrons. The van der Waals surface area contributed by atoms with Crippen LogP contribution < -0.4 is 10.2 Å². The number of piperazine rings is 1. The number of carbonyl (C=O) groups is 2. The Kier molecular flexibility index (Phi) is 3.28. The Hall–Kier alpha value is -1.43. The number of anilines is 1. The maximum absolute atomic E-state index is 14.1. The minimum absolute atomic E-state index is 0.159. The molecule has 6 heteroatoms. The van der Waals surface area contributed by atoms with Crippen molar-refractivity contribution >= 4 is 33.4 Å². The average Bonchev–Trinajstić information content (AvgIpc) is 3.21. The molecule has 1 aromatic carbocycles. The van der Waals surface area contributed by atoms with E-state index in [2.05, 4.69) is 21.2 Å². The van der Waals surface area contributed by atoms with Crippen molar-refractivity contribution in [3.63, 3.8) is 0 Å². The lowest BCUT2D eigenvalue weighted by Crippen LogP contribution is -2.63. The highest BCUT2D eigenvalue weighted by Crippen LogP contribution is 2.36. The Bertz CT molecular complexity index is 589. The predicted molar refractivity (Wildman–Crippen MR) is 75.7 cm³/mol. The first-order valence-electron chi connectivity index (χ1n) is 6.57. The van der Waals surface area contributed by atoms with Crippen molar-refractivity contribution in [2.24, 2.45) is 5.92 Å². The van der Waals surface area contributed by atoms with Crippen LogP contribution in [0.2, 0.25) is 0 Å². The summed E-state index contributed by atoms with van der Waals surface area (Å²) in [6.45, 7) is 1.61. The molecule has 3 rings (SSSR count). The zero-order chi connectivity index (χ0) is 14.4. The SMILES string of the molecule is CC1C(=O)NC(C2CC2)C(=O)N1c1ccc(Br)cc1F. The van der Waals surface area contributed by atoms with E-state index in [1.807, 2.05) is 0 Å². The molecule has 1 saturated heterocycles. The van der Waals surface area contributed by atoms with Crippen molar-refractivity contribution in [3.05, 3.63) is 28.5 Å². The van der Waals surface area contributed by atoms with Gasteiger partial charge >= 0.3 is 0 Å². The first-order chi connectivity index (χ1) is 9.49. The van der Waals surface area contributed by atoms with E-state index in [4.69, 9.17) is 0 Å². The number of benzene rings is 1. The molecule has 0 aromatic heterocycles. The largest absolute Gasteiger partial charge is 0.342 e. The Morgan fingerprint density at radius 2 is 2.05 bits per heavy atom. The molecule has 1 aromatic rings. The summed E-state index contributed by atoms with van der Waals surface area (Å²) < 4.78 is 14.7. The van der Waals surface area contributed by atoms with Crippen molar-refractivity contribution in [2.75, 3.05) is 4.90 Å². The van der Waals surface area contributed by atoms with Crippen LogP contribution in [-0.2, 0) is 9.59 Å². The van der Waals surface area contributed by atoms with Crippen LogP contribution in [0.1, 0.15) is 19.8 Å². The topological polar surface area (TPSA) is 49.4 Å². The number of rotatable bonds is 2. The number of carbonyl (C=O) groups excluding carboxylic acids is 2. The van der Waals surface area contributed by atoms with E-state index in [1.54, 1.807) is 13.0 Å². The number of amides is 2. The van der Waals surface area contributed by atoms with Gasteiger partial charge in [-0.2, -0.15) is 0 Å². The van der Waals surface area contributed by atoms with Gasteiger partial charge in [0.05, 0.1) is 5.69 Å². The van der Waals surface area contributed by atoms with Crippen LogP contribution in [0, 0.1) is 11.7 Å². The van der Waals surface area contributed by atoms with Crippen LogP contribution in [0.4, 0.5) is 10.1 Å². The molecule has 20 heavy (non-hydrogen) atoms. The molecule has 0 spiro atoms. The highest BCUT2D eigenvalue weighted by molar-refractivity contribution is 9.10. The zero-order valence-electron chi connectivity index (χ0n) is 10.9. The van der Waals surface area contributed by atoms with Crippen molar-refractivity contribution in [3.8, 4) is 0 Å². The fourth-order valence-electron chi connectivity index (χ4n) is 2.55. The standard InChI is InChI=1S/C14H14BrFN2O2/c1-7-13(19)17-12(8-2-3-8)14(20)18(7)11-5-4-9(15)6-10(11)16/h4-8,12H,2-3H2,1H3,(H,17,19). The number of hydrogen-bond donors (Lipinski definition) is 1. The molecule has 0 bridgehead atoms. The molecule has 2 atom stereocenters. The van der Waals surface area contributed by atoms with Crippen molar-refractivity contribution in [1.82, 2.24) is 5.32 Å². The molecule has 2 amide bonds. The summed E-state index contributed by atoms with van der Waals surface area (Å²) in [4.78, 5) is 25.8. The second-order valence-corrected chi connectivity index (χ2v) is 6.22. The Morgan fingerprint density at radius 1 is 1.35 bits per heavy atom. The number of hydrogen-bond acceptors (Lipinski definition) is 2. The fourth-order valence-corrected chi connectivity index (χ4v) is 2.88. The Balaban J connectivity index is 1.99. The molecule has 1 heterocycles. The highest BCUT2D eigenvalue weighted by Gasteiger charge is 2.46. The van der Waals surface area contributed by atoms with Crippen LogP contribution in [0.5, 0.6) is 0 Å². The second kappa shape index (κ2) is 4.84. The Morgan fingerprint density at radius 3 is 2.65 bits per heavy atom. The molecule has 2 aliphatic rings. The maximum Gasteiger partial charge on any atom is 0.250 e. The lowest BCUT2D eigenvalue weighted by atomic mass is 10.0. The van der Waals surface area contributed by atoms with E-state index in [-0.39, 0.29) is 23.4 Å². The van der Waals surface area contributed by atoms with Gasteiger partial charge in [0.1, 0.15) is 17.9 Å². The number of nitrogens with zero attached hydrogens (tertiary/aromatic N) is 1. The van der Waals surface area contributed by atoms with E-state index in [0.717, 1.165) is 12.8 Å². The predicted octanol–water partition coefficient (Wildman–Crippen LogP) is 2.22. The van der Waals surface area contributed by atoms with Gasteiger partial charge in [0, 0.05) is 4.47 Å². The molecular formula is C14H14BrFN2O2. The van der Waals surface area contributed by atoms with Crippen molar-refractivity contribution in [1.29, 1.82) is 0 Å². The smallest absolute Gasteiger partial charge is 0.250 e. The molecule has 1 aliphatic carbocycles. The molecule has 1 aliphatic heterocycles. The summed E-state index contributed by atoms with van der Waals surface area (Å²) in [5.74, 6) is -0.770. The van der Waals surface area contributed by atoms with E-state index >= 15 is 0 Å². The van der Waals surface area contributed by atoms with E-state index in [0.29, 0.717) is 4.47 Å². The Labute approximate surface area is 124 Å². The summed E-state index contributed by atoms with van der Waals surface area (Å²) in [6, 6.07) is 3.27. The summed E-state index contributed by atoms with van der Waals surface area (Å²) in [5, 5.41) is 2.75. The lowest BCUT2D eigenvalue weighted by molar-refractivity contribution is -0.134. The lowest BCUT2D eigenvalue weighted by Gasteiger charge is -2.37. The minimum Gasteiger partial charge on any atom is -0.342 e. The fraction of sp³-hybridized carbons (Fsp3) is 0.429. The van der Waals surface area contributed by atoms with Crippen LogP contribution in [-0.4, -0.2) is 23.9 Å². The minimum atomic E-state index is -0.701. The third-order valence-electron chi connectivity index (χ3n) is 3.83. The summed E-state index contributed by atoms with van der Waals surface area (Å²) >= 11 is 3.18. The number of halogens is 2. The molecule has 4 nitrogen and oxygen atoms in total. The third kappa shape index (κ3) is 2.22. The van der Waals surface area contributed by atoms with Crippen molar-refractivity contribution < 1.29 is 14.0 Å². The molecular weight excluding hydrogens is 327 g/mol. The first kappa shape index (κ1) is 13.5. The monoisotopic (exact) mass is 340 g/mol. The molecule has 2 fully saturated rings. The van der Waals surface area contributed by atoms with Gasteiger partial charge < -0.3 is 5.32 Å². The zero-order valence-corrected chi connectivity index (χ0v) is 12.5. The van der Waals surface area contributed by atoms with Gasteiger partial charge in [0.25, 0.3) is 5.91 Å². The van der Waals surface area contributed by atoms with Gasteiger partial charge in [-0.25, -0.2) is 4.39 Å². The first-order valence-corrected chi connectivity index (χ1v) is 7.37. The van der Waals surface area contributed by atoms with Crippen LogP contribution in [0.25, 0.3) is 0 Å². The van der Waals surface area contributed by atoms with Crippen LogP contribution >= 0.6 is 15.9 Å². The van der Waals surface area contributed by atoms with Gasteiger partial charge in [0.15, 0.2) is 0 Å². The maximum atomic E-state index is 14.1. The van der Waals surface area contributed by atoms with Crippen molar-refractivity contribution in [2.45, 2.75) is 31.8 Å². The van der Waals surface area contributed by atoms with E-state index in [1.165, 1.54) is 17.0 Å². The van der Waals surface area contributed by atoms with Crippen LogP contribution in [0.15, 0.2) is 22.7 Å².